The third-order valence-electron chi connectivity index (χ3n) is 3.01. The summed E-state index contributed by atoms with van der Waals surface area (Å²) in [5, 5.41) is 0. The second-order valence-corrected chi connectivity index (χ2v) is 5.22. The Bertz CT molecular complexity index is 391. The molecular formula is C14H19NOS. The van der Waals surface area contributed by atoms with Crippen molar-refractivity contribution in [3.63, 3.8) is 0 Å². The SMILES string of the molecule is Cc1ccc(C(=S)N2C[C@@H](C)O[C@H](C)C2)cc1. The first kappa shape index (κ1) is 12.5. The maximum atomic E-state index is 5.72. The molecule has 1 aliphatic heterocycles. The second-order valence-electron chi connectivity index (χ2n) is 4.83. The largest absolute Gasteiger partial charge is 0.372 e. The monoisotopic (exact) mass is 249 g/mol. The second kappa shape index (κ2) is 5.15. The van der Waals surface area contributed by atoms with Crippen LogP contribution in [0.2, 0.25) is 0 Å². The van der Waals surface area contributed by atoms with Gasteiger partial charge in [-0.3, -0.25) is 0 Å². The molecule has 1 aromatic carbocycles. The van der Waals surface area contributed by atoms with Gasteiger partial charge >= 0.3 is 0 Å². The molecule has 0 N–H and O–H groups in total. The van der Waals surface area contributed by atoms with Crippen molar-refractivity contribution >= 4 is 17.2 Å². The van der Waals surface area contributed by atoms with E-state index in [1.807, 2.05) is 0 Å². The van der Waals surface area contributed by atoms with Crippen LogP contribution in [-0.2, 0) is 4.74 Å². The molecule has 0 radical (unpaired) electrons. The summed E-state index contributed by atoms with van der Waals surface area (Å²) >= 11 is 5.56. The smallest absolute Gasteiger partial charge is 0.109 e. The summed E-state index contributed by atoms with van der Waals surface area (Å²) in [5.74, 6) is 0. The van der Waals surface area contributed by atoms with Crippen molar-refractivity contribution in [3.05, 3.63) is 35.4 Å². The lowest BCUT2D eigenvalue weighted by atomic mass is 10.1. The maximum absolute atomic E-state index is 5.72. The Morgan fingerprint density at radius 1 is 1.18 bits per heavy atom. The van der Waals surface area contributed by atoms with Gasteiger partial charge in [0.05, 0.1) is 12.2 Å². The van der Waals surface area contributed by atoms with E-state index in [0.29, 0.717) is 0 Å². The Hall–Kier alpha value is -0.930. The Morgan fingerprint density at radius 2 is 1.71 bits per heavy atom. The van der Waals surface area contributed by atoms with E-state index in [9.17, 15) is 0 Å². The van der Waals surface area contributed by atoms with Gasteiger partial charge in [0.15, 0.2) is 0 Å². The molecular weight excluding hydrogens is 230 g/mol. The Morgan fingerprint density at radius 3 is 2.24 bits per heavy atom. The minimum atomic E-state index is 0.252. The van der Waals surface area contributed by atoms with Gasteiger partial charge in [-0.15, -0.1) is 0 Å². The van der Waals surface area contributed by atoms with Crippen LogP contribution in [0.4, 0.5) is 0 Å². The quantitative estimate of drug-likeness (QED) is 0.710. The summed E-state index contributed by atoms with van der Waals surface area (Å²) < 4.78 is 5.72. The Kier molecular flexibility index (Phi) is 3.79. The van der Waals surface area contributed by atoms with Crippen LogP contribution in [0.15, 0.2) is 24.3 Å². The summed E-state index contributed by atoms with van der Waals surface area (Å²) in [4.78, 5) is 3.19. The lowest BCUT2D eigenvalue weighted by molar-refractivity contribution is -0.0472. The van der Waals surface area contributed by atoms with Crippen LogP contribution in [0.25, 0.3) is 0 Å². The van der Waals surface area contributed by atoms with Gasteiger partial charge in [0.25, 0.3) is 0 Å². The fourth-order valence-corrected chi connectivity index (χ4v) is 2.51. The zero-order valence-electron chi connectivity index (χ0n) is 10.6. The van der Waals surface area contributed by atoms with Crippen LogP contribution in [0.5, 0.6) is 0 Å². The topological polar surface area (TPSA) is 12.5 Å². The fourth-order valence-electron chi connectivity index (χ4n) is 2.22. The van der Waals surface area contributed by atoms with Crippen molar-refractivity contribution in [2.45, 2.75) is 33.0 Å². The summed E-state index contributed by atoms with van der Waals surface area (Å²) in [6.45, 7) is 8.06. The number of ether oxygens (including phenoxy) is 1. The summed E-state index contributed by atoms with van der Waals surface area (Å²) in [5.41, 5.74) is 2.40. The first-order chi connectivity index (χ1) is 8.06. The molecule has 2 nitrogen and oxygen atoms in total. The van der Waals surface area contributed by atoms with E-state index in [1.165, 1.54) is 5.56 Å². The van der Waals surface area contributed by atoms with Gasteiger partial charge in [0.2, 0.25) is 0 Å². The van der Waals surface area contributed by atoms with Gasteiger partial charge in [0, 0.05) is 18.7 Å². The van der Waals surface area contributed by atoms with Gasteiger partial charge in [-0.05, 0) is 20.8 Å². The molecule has 0 aromatic heterocycles. The Balaban J connectivity index is 2.11. The molecule has 1 aromatic rings. The highest BCUT2D eigenvalue weighted by atomic mass is 32.1. The van der Waals surface area contributed by atoms with Gasteiger partial charge in [-0.25, -0.2) is 0 Å². The number of thiocarbonyl (C=S) groups is 1. The van der Waals surface area contributed by atoms with Crippen molar-refractivity contribution in [2.24, 2.45) is 0 Å². The molecule has 1 saturated heterocycles. The minimum absolute atomic E-state index is 0.252. The molecule has 1 heterocycles. The molecule has 1 fully saturated rings. The van der Waals surface area contributed by atoms with E-state index in [-0.39, 0.29) is 12.2 Å². The first-order valence-corrected chi connectivity index (χ1v) is 6.48. The van der Waals surface area contributed by atoms with Gasteiger partial charge in [-0.2, -0.15) is 0 Å². The molecule has 0 amide bonds. The predicted molar refractivity (Wildman–Crippen MR) is 74.5 cm³/mol. The zero-order chi connectivity index (χ0) is 12.4. The van der Waals surface area contributed by atoms with E-state index in [1.54, 1.807) is 0 Å². The van der Waals surface area contributed by atoms with Crippen molar-refractivity contribution in [2.75, 3.05) is 13.1 Å². The number of hydrogen-bond donors (Lipinski definition) is 0. The van der Waals surface area contributed by atoms with Crippen LogP contribution in [-0.4, -0.2) is 35.2 Å². The fraction of sp³-hybridized carbons (Fsp3) is 0.500. The van der Waals surface area contributed by atoms with Crippen LogP contribution < -0.4 is 0 Å². The standard InChI is InChI=1S/C14H19NOS/c1-10-4-6-13(7-5-10)14(17)15-8-11(2)16-12(3)9-15/h4-7,11-12H,8-9H2,1-3H3/t11-,12-/m1/s1. The molecule has 3 heteroatoms. The van der Waals surface area contributed by atoms with E-state index in [4.69, 9.17) is 17.0 Å². The first-order valence-electron chi connectivity index (χ1n) is 6.07. The van der Waals surface area contributed by atoms with Gasteiger partial charge in [-0.1, -0.05) is 42.0 Å². The number of aryl methyl sites for hydroxylation is 1. The molecule has 0 unspecified atom stereocenters. The normalized spacial score (nSPS) is 24.8. The molecule has 92 valence electrons. The number of benzene rings is 1. The van der Waals surface area contributed by atoms with Crippen molar-refractivity contribution in [3.8, 4) is 0 Å². The summed E-state index contributed by atoms with van der Waals surface area (Å²) in [6.07, 6.45) is 0.504. The molecule has 0 saturated carbocycles. The number of nitrogens with zero attached hydrogens (tertiary/aromatic N) is 1. The molecule has 17 heavy (non-hydrogen) atoms. The third-order valence-corrected chi connectivity index (χ3v) is 3.50. The van der Waals surface area contributed by atoms with Crippen molar-refractivity contribution < 1.29 is 4.74 Å². The molecule has 1 aliphatic rings. The van der Waals surface area contributed by atoms with Gasteiger partial charge in [0.1, 0.15) is 4.99 Å². The summed E-state index contributed by atoms with van der Waals surface area (Å²) in [7, 11) is 0. The van der Waals surface area contributed by atoms with E-state index in [0.717, 1.165) is 23.6 Å². The van der Waals surface area contributed by atoms with Crippen LogP contribution in [0.3, 0.4) is 0 Å². The third kappa shape index (κ3) is 3.05. The molecule has 0 bridgehead atoms. The number of rotatable bonds is 1. The molecule has 0 aliphatic carbocycles. The predicted octanol–water partition coefficient (Wildman–Crippen LogP) is 2.78. The van der Waals surface area contributed by atoms with Gasteiger partial charge < -0.3 is 9.64 Å². The zero-order valence-corrected chi connectivity index (χ0v) is 11.5. The number of morpholine rings is 1. The average Bonchev–Trinajstić information content (AvgIpc) is 2.28. The highest BCUT2D eigenvalue weighted by molar-refractivity contribution is 7.80. The molecule has 2 atom stereocenters. The lowest BCUT2D eigenvalue weighted by Crippen LogP contribution is -2.47. The maximum Gasteiger partial charge on any atom is 0.109 e. The van der Waals surface area contributed by atoms with E-state index in [2.05, 4.69) is 49.9 Å². The average molecular weight is 249 g/mol. The van der Waals surface area contributed by atoms with E-state index >= 15 is 0 Å². The van der Waals surface area contributed by atoms with Crippen LogP contribution >= 0.6 is 12.2 Å². The van der Waals surface area contributed by atoms with Crippen LogP contribution in [0.1, 0.15) is 25.0 Å². The van der Waals surface area contributed by atoms with Crippen LogP contribution in [0, 0.1) is 6.92 Å². The highest BCUT2D eigenvalue weighted by Gasteiger charge is 2.24. The highest BCUT2D eigenvalue weighted by Crippen LogP contribution is 2.15. The lowest BCUT2D eigenvalue weighted by Gasteiger charge is -2.37. The molecule has 0 spiro atoms. The van der Waals surface area contributed by atoms with Crippen molar-refractivity contribution in [1.82, 2.24) is 4.90 Å². The van der Waals surface area contributed by atoms with E-state index < -0.39 is 0 Å². The minimum Gasteiger partial charge on any atom is -0.372 e. The summed E-state index contributed by atoms with van der Waals surface area (Å²) in [6, 6.07) is 8.41. The van der Waals surface area contributed by atoms with Crippen molar-refractivity contribution in [1.29, 1.82) is 0 Å². The number of hydrogen-bond acceptors (Lipinski definition) is 2. The molecule has 2 rings (SSSR count). The Labute approximate surface area is 109 Å².